The van der Waals surface area contributed by atoms with Crippen molar-refractivity contribution in [2.45, 2.75) is 4.90 Å². The summed E-state index contributed by atoms with van der Waals surface area (Å²) in [5.74, 6) is -0.119. The van der Waals surface area contributed by atoms with Crippen LogP contribution in [0.1, 0.15) is 10.4 Å². The second kappa shape index (κ2) is 5.32. The monoisotopic (exact) mass is 352 g/mol. The molecule has 4 rings (SSSR count). The maximum absolute atomic E-state index is 13.2. The van der Waals surface area contributed by atoms with Crippen LogP contribution in [0.5, 0.6) is 0 Å². The number of sulfonamides is 1. The topological polar surface area (TPSA) is 57.7 Å². The summed E-state index contributed by atoms with van der Waals surface area (Å²) < 4.78 is 27.6. The molecule has 0 saturated carbocycles. The lowest BCUT2D eigenvalue weighted by Crippen LogP contribution is -2.26. The fourth-order valence-corrected chi connectivity index (χ4v) is 4.64. The van der Waals surface area contributed by atoms with Gasteiger partial charge in [-0.25, -0.2) is 8.42 Å². The third kappa shape index (κ3) is 2.14. The predicted octanol–water partition coefficient (Wildman–Crippen LogP) is 3.25. The third-order valence-electron chi connectivity index (χ3n) is 4.63. The first-order chi connectivity index (χ1) is 11.9. The number of anilines is 2. The smallest absolute Gasteiger partial charge is 0.264 e. The third-order valence-corrected chi connectivity index (χ3v) is 6.48. The van der Waals surface area contributed by atoms with Crippen molar-refractivity contribution < 1.29 is 13.2 Å². The highest BCUT2D eigenvalue weighted by Crippen LogP contribution is 2.40. The van der Waals surface area contributed by atoms with E-state index in [1.54, 1.807) is 66.5 Å². The molecule has 1 aliphatic heterocycles. The molecule has 5 nitrogen and oxygen atoms in total. The van der Waals surface area contributed by atoms with Gasteiger partial charge in [0.1, 0.15) is 0 Å². The summed E-state index contributed by atoms with van der Waals surface area (Å²) in [5, 5.41) is 1.26. The Labute approximate surface area is 146 Å². The van der Waals surface area contributed by atoms with Gasteiger partial charge in [0.25, 0.3) is 15.9 Å². The van der Waals surface area contributed by atoms with Crippen LogP contribution in [0.15, 0.2) is 65.6 Å². The highest BCUT2D eigenvalue weighted by Gasteiger charge is 2.31. The minimum Gasteiger partial charge on any atom is -0.311 e. The predicted molar refractivity (Wildman–Crippen MR) is 98.7 cm³/mol. The molecule has 3 aromatic rings. The van der Waals surface area contributed by atoms with Crippen LogP contribution in [-0.2, 0) is 10.0 Å². The number of carbonyl (C=O) groups excluding carboxylic acids is 1. The first-order valence-corrected chi connectivity index (χ1v) is 9.24. The molecular formula is C19H16N2O3S. The van der Waals surface area contributed by atoms with Crippen LogP contribution in [0.2, 0.25) is 0 Å². The Morgan fingerprint density at radius 3 is 2.36 bits per heavy atom. The lowest BCUT2D eigenvalue weighted by Gasteiger charge is -2.21. The summed E-state index contributed by atoms with van der Waals surface area (Å²) in [5.41, 5.74) is 1.85. The van der Waals surface area contributed by atoms with Gasteiger partial charge in [-0.15, -0.1) is 0 Å². The van der Waals surface area contributed by atoms with E-state index in [2.05, 4.69) is 0 Å². The molecule has 0 aromatic heterocycles. The van der Waals surface area contributed by atoms with Gasteiger partial charge in [-0.2, -0.15) is 0 Å². The molecule has 0 fully saturated rings. The summed E-state index contributed by atoms with van der Waals surface area (Å²) in [4.78, 5) is 14.1. The van der Waals surface area contributed by atoms with Crippen molar-refractivity contribution in [2.75, 3.05) is 23.3 Å². The number of hydrogen-bond acceptors (Lipinski definition) is 3. The van der Waals surface area contributed by atoms with Crippen LogP contribution >= 0.6 is 0 Å². The molecule has 1 amide bonds. The van der Waals surface area contributed by atoms with E-state index in [9.17, 15) is 13.2 Å². The van der Waals surface area contributed by atoms with Crippen molar-refractivity contribution in [3.63, 3.8) is 0 Å². The lowest BCUT2D eigenvalue weighted by molar-refractivity contribution is 0.0999. The number of nitrogens with zero attached hydrogens (tertiary/aromatic N) is 2. The first-order valence-electron chi connectivity index (χ1n) is 7.80. The van der Waals surface area contributed by atoms with Crippen LogP contribution < -0.4 is 9.21 Å². The standard InChI is InChI=1S/C19H16N2O3S/c1-20-16-11-12-17(14-9-6-10-15(18(14)16)19(20)22)25(23,24)21(2)13-7-4-3-5-8-13/h3-12H,1-2H3. The van der Waals surface area contributed by atoms with E-state index >= 15 is 0 Å². The quantitative estimate of drug-likeness (QED) is 0.727. The van der Waals surface area contributed by atoms with E-state index in [-0.39, 0.29) is 10.8 Å². The number of benzene rings is 3. The van der Waals surface area contributed by atoms with Gasteiger partial charge in [0, 0.05) is 30.4 Å². The number of amides is 1. The van der Waals surface area contributed by atoms with Crippen molar-refractivity contribution >= 4 is 38.1 Å². The molecule has 0 atom stereocenters. The summed E-state index contributed by atoms with van der Waals surface area (Å²) in [7, 11) is -0.527. The number of rotatable bonds is 3. The average Bonchev–Trinajstić information content (AvgIpc) is 2.89. The molecule has 126 valence electrons. The van der Waals surface area contributed by atoms with Crippen LogP contribution in [-0.4, -0.2) is 28.4 Å². The van der Waals surface area contributed by atoms with Crippen LogP contribution in [0.3, 0.4) is 0 Å². The van der Waals surface area contributed by atoms with Gasteiger partial charge in [0.15, 0.2) is 0 Å². The SMILES string of the molecule is CN1C(=O)c2cccc3c(S(=O)(=O)N(C)c4ccccc4)ccc1c23. The van der Waals surface area contributed by atoms with Crippen LogP contribution in [0, 0.1) is 0 Å². The summed E-state index contributed by atoms with van der Waals surface area (Å²) >= 11 is 0. The van der Waals surface area contributed by atoms with E-state index in [1.807, 2.05) is 6.07 Å². The van der Waals surface area contributed by atoms with Crippen molar-refractivity contribution in [3.05, 3.63) is 66.2 Å². The number of para-hydroxylation sites is 1. The van der Waals surface area contributed by atoms with Gasteiger partial charge < -0.3 is 4.90 Å². The highest BCUT2D eigenvalue weighted by atomic mass is 32.2. The van der Waals surface area contributed by atoms with Gasteiger partial charge in [-0.3, -0.25) is 9.10 Å². The zero-order valence-corrected chi connectivity index (χ0v) is 14.6. The maximum Gasteiger partial charge on any atom is 0.264 e. The Morgan fingerprint density at radius 1 is 0.920 bits per heavy atom. The fourth-order valence-electron chi connectivity index (χ4n) is 3.26. The van der Waals surface area contributed by atoms with Gasteiger partial charge >= 0.3 is 0 Å². The highest BCUT2D eigenvalue weighted by molar-refractivity contribution is 7.93. The molecule has 0 spiro atoms. The molecule has 6 heteroatoms. The Balaban J connectivity index is 1.96. The zero-order chi connectivity index (χ0) is 17.8. The minimum absolute atomic E-state index is 0.119. The molecular weight excluding hydrogens is 336 g/mol. The Hall–Kier alpha value is -2.86. The molecule has 0 bridgehead atoms. The molecule has 1 aliphatic rings. The second-order valence-corrected chi connectivity index (χ2v) is 7.92. The first kappa shape index (κ1) is 15.7. The zero-order valence-electron chi connectivity index (χ0n) is 13.8. The van der Waals surface area contributed by atoms with Crippen molar-refractivity contribution in [1.82, 2.24) is 0 Å². The maximum atomic E-state index is 13.2. The molecule has 0 unspecified atom stereocenters. The largest absolute Gasteiger partial charge is 0.311 e. The van der Waals surface area contributed by atoms with Gasteiger partial charge in [0.05, 0.1) is 16.3 Å². The molecule has 3 aromatic carbocycles. The van der Waals surface area contributed by atoms with E-state index < -0.39 is 10.0 Å². The van der Waals surface area contributed by atoms with Crippen molar-refractivity contribution in [2.24, 2.45) is 0 Å². The normalized spacial score (nSPS) is 13.5. The second-order valence-electron chi connectivity index (χ2n) is 5.98. The van der Waals surface area contributed by atoms with Gasteiger partial charge in [-0.1, -0.05) is 30.3 Å². The Kier molecular flexibility index (Phi) is 3.33. The fraction of sp³-hybridized carbons (Fsp3) is 0.105. The van der Waals surface area contributed by atoms with E-state index in [4.69, 9.17) is 0 Å². The molecule has 0 saturated heterocycles. The van der Waals surface area contributed by atoms with Crippen molar-refractivity contribution in [3.8, 4) is 0 Å². The lowest BCUT2D eigenvalue weighted by atomic mass is 10.1. The molecule has 0 N–H and O–H groups in total. The molecule has 1 heterocycles. The van der Waals surface area contributed by atoms with Gasteiger partial charge in [-0.05, 0) is 30.3 Å². The molecule has 25 heavy (non-hydrogen) atoms. The van der Waals surface area contributed by atoms with Crippen LogP contribution in [0.4, 0.5) is 11.4 Å². The summed E-state index contributed by atoms with van der Waals surface area (Å²) in [6.45, 7) is 0. The Bertz CT molecular complexity index is 1110. The number of hydrogen-bond donors (Lipinski definition) is 0. The molecule has 0 aliphatic carbocycles. The van der Waals surface area contributed by atoms with Gasteiger partial charge in [0.2, 0.25) is 0 Å². The van der Waals surface area contributed by atoms with E-state index in [0.717, 1.165) is 5.69 Å². The number of carbonyl (C=O) groups is 1. The Morgan fingerprint density at radius 2 is 1.64 bits per heavy atom. The van der Waals surface area contributed by atoms with E-state index in [0.29, 0.717) is 22.0 Å². The summed E-state index contributed by atoms with van der Waals surface area (Å²) in [6.07, 6.45) is 0. The van der Waals surface area contributed by atoms with Crippen molar-refractivity contribution in [1.29, 1.82) is 0 Å². The average molecular weight is 352 g/mol. The van der Waals surface area contributed by atoms with E-state index in [1.165, 1.54) is 11.4 Å². The van der Waals surface area contributed by atoms with Crippen LogP contribution in [0.25, 0.3) is 10.8 Å². The summed E-state index contributed by atoms with van der Waals surface area (Å²) in [6, 6.07) is 17.4. The molecule has 0 radical (unpaired) electrons. The minimum atomic E-state index is -3.76.